The average molecular weight is 338 g/mol. The highest BCUT2D eigenvalue weighted by atomic mass is 15.4. The highest BCUT2D eigenvalue weighted by Gasteiger charge is 2.11. The maximum atomic E-state index is 4.39. The lowest BCUT2D eigenvalue weighted by Gasteiger charge is -2.04. The van der Waals surface area contributed by atoms with Crippen LogP contribution in [-0.4, -0.2) is 19.6 Å². The molecule has 0 N–H and O–H groups in total. The Morgan fingerprint density at radius 3 is 1.96 bits per heavy atom. The molecule has 5 aromatic rings. The Kier molecular flexibility index (Phi) is 3.53. The topological polar surface area (TPSA) is 35.6 Å². The third-order valence-electron chi connectivity index (χ3n) is 4.77. The fourth-order valence-electron chi connectivity index (χ4n) is 3.59. The molecule has 0 aliphatic carbocycles. The second-order valence-electron chi connectivity index (χ2n) is 6.51. The van der Waals surface area contributed by atoms with Crippen LogP contribution in [0.15, 0.2) is 85.1 Å². The van der Waals surface area contributed by atoms with Crippen molar-refractivity contribution < 1.29 is 0 Å². The quantitative estimate of drug-likeness (QED) is 0.484. The summed E-state index contributed by atoms with van der Waals surface area (Å²) in [5, 5.41) is 11.3. The van der Waals surface area contributed by atoms with Gasteiger partial charge in [0.2, 0.25) is 0 Å². The first-order valence-electron chi connectivity index (χ1n) is 8.77. The molecule has 0 aliphatic heterocycles. The number of para-hydroxylation sites is 2. The molecule has 126 valence electrons. The second kappa shape index (κ2) is 6.15. The van der Waals surface area contributed by atoms with Gasteiger partial charge in [-0.15, -0.1) is 5.10 Å². The summed E-state index contributed by atoms with van der Waals surface area (Å²) in [4.78, 5) is 0. The van der Waals surface area contributed by atoms with Crippen LogP contribution in [0.3, 0.4) is 0 Å². The zero-order valence-electron chi connectivity index (χ0n) is 14.3. The maximum Gasteiger partial charge on any atom is 0.102 e. The number of hydrogen-bond acceptors (Lipinski definition) is 2. The van der Waals surface area contributed by atoms with E-state index in [1.165, 1.54) is 27.4 Å². The molecule has 0 saturated heterocycles. The summed E-state index contributed by atoms with van der Waals surface area (Å²) >= 11 is 0. The van der Waals surface area contributed by atoms with E-state index in [0.29, 0.717) is 6.54 Å². The van der Waals surface area contributed by atoms with Gasteiger partial charge in [0, 0.05) is 21.8 Å². The molecule has 0 aliphatic rings. The highest BCUT2D eigenvalue weighted by Crippen LogP contribution is 2.29. The highest BCUT2D eigenvalue weighted by molar-refractivity contribution is 6.07. The lowest BCUT2D eigenvalue weighted by atomic mass is 10.2. The molecule has 0 radical (unpaired) electrons. The summed E-state index contributed by atoms with van der Waals surface area (Å²) in [7, 11) is 0. The Bertz CT molecular complexity index is 1130. The standard InChI is InChI=1S/C22H18N4/c1-2-8-17(9-3-1)14-25-15-18(23-24-25)16-26-21-12-6-4-10-19(21)20-11-5-7-13-22(20)26/h1-13,15H,14,16H2. The van der Waals surface area contributed by atoms with Crippen LogP contribution in [0.2, 0.25) is 0 Å². The third-order valence-corrected chi connectivity index (χ3v) is 4.77. The number of benzene rings is 3. The summed E-state index contributed by atoms with van der Waals surface area (Å²) in [5.41, 5.74) is 4.64. The summed E-state index contributed by atoms with van der Waals surface area (Å²) in [6, 6.07) is 27.4. The van der Waals surface area contributed by atoms with E-state index in [-0.39, 0.29) is 0 Å². The van der Waals surface area contributed by atoms with Crippen molar-refractivity contribution in [2.45, 2.75) is 13.1 Å². The van der Waals surface area contributed by atoms with Crippen LogP contribution in [-0.2, 0) is 13.1 Å². The van der Waals surface area contributed by atoms with Crippen LogP contribution < -0.4 is 0 Å². The molecule has 0 atom stereocenters. The van der Waals surface area contributed by atoms with E-state index in [1.54, 1.807) is 0 Å². The van der Waals surface area contributed by atoms with Crippen molar-refractivity contribution in [1.82, 2.24) is 19.6 Å². The van der Waals surface area contributed by atoms with Gasteiger partial charge in [-0.1, -0.05) is 71.9 Å². The van der Waals surface area contributed by atoms with E-state index in [2.05, 4.69) is 75.5 Å². The Labute approximate surface area is 151 Å². The van der Waals surface area contributed by atoms with Gasteiger partial charge in [-0.25, -0.2) is 4.68 Å². The minimum Gasteiger partial charge on any atom is -0.334 e. The normalized spacial score (nSPS) is 11.4. The van der Waals surface area contributed by atoms with Crippen LogP contribution in [0.1, 0.15) is 11.3 Å². The molecular weight excluding hydrogens is 320 g/mol. The zero-order chi connectivity index (χ0) is 17.3. The zero-order valence-corrected chi connectivity index (χ0v) is 14.3. The van der Waals surface area contributed by atoms with Crippen molar-refractivity contribution in [2.24, 2.45) is 0 Å². The van der Waals surface area contributed by atoms with Gasteiger partial charge in [-0.05, 0) is 17.7 Å². The molecule has 0 bridgehead atoms. The minimum absolute atomic E-state index is 0.711. The van der Waals surface area contributed by atoms with Crippen LogP contribution in [0.5, 0.6) is 0 Å². The molecule has 0 spiro atoms. The number of aromatic nitrogens is 4. The van der Waals surface area contributed by atoms with Crippen LogP contribution in [0.4, 0.5) is 0 Å². The average Bonchev–Trinajstić information content (AvgIpc) is 3.26. The lowest BCUT2D eigenvalue weighted by molar-refractivity contribution is 0.649. The van der Waals surface area contributed by atoms with Gasteiger partial charge in [0.05, 0.1) is 19.3 Å². The number of hydrogen-bond donors (Lipinski definition) is 0. The second-order valence-corrected chi connectivity index (χ2v) is 6.51. The monoisotopic (exact) mass is 338 g/mol. The van der Waals surface area contributed by atoms with Crippen molar-refractivity contribution in [2.75, 3.05) is 0 Å². The summed E-state index contributed by atoms with van der Waals surface area (Å²) < 4.78 is 4.22. The smallest absolute Gasteiger partial charge is 0.102 e. The van der Waals surface area contributed by atoms with E-state index in [1.807, 2.05) is 29.1 Å². The molecule has 0 amide bonds. The maximum absolute atomic E-state index is 4.39. The van der Waals surface area contributed by atoms with E-state index in [0.717, 1.165) is 12.2 Å². The van der Waals surface area contributed by atoms with Crippen molar-refractivity contribution in [3.63, 3.8) is 0 Å². The summed E-state index contributed by atoms with van der Waals surface area (Å²) in [5.74, 6) is 0. The summed E-state index contributed by atoms with van der Waals surface area (Å²) in [6.45, 7) is 1.45. The Morgan fingerprint density at radius 1 is 0.654 bits per heavy atom. The van der Waals surface area contributed by atoms with Crippen molar-refractivity contribution in [3.8, 4) is 0 Å². The van der Waals surface area contributed by atoms with Gasteiger partial charge >= 0.3 is 0 Å². The molecule has 5 rings (SSSR count). The lowest BCUT2D eigenvalue weighted by Crippen LogP contribution is -2.00. The Balaban J connectivity index is 1.52. The van der Waals surface area contributed by atoms with Crippen molar-refractivity contribution in [1.29, 1.82) is 0 Å². The van der Waals surface area contributed by atoms with Gasteiger partial charge in [0.1, 0.15) is 5.69 Å². The molecule has 3 aromatic carbocycles. The Morgan fingerprint density at radius 2 is 1.27 bits per heavy atom. The molecule has 0 unspecified atom stereocenters. The fourth-order valence-corrected chi connectivity index (χ4v) is 3.59. The first-order valence-corrected chi connectivity index (χ1v) is 8.77. The number of nitrogens with zero attached hydrogens (tertiary/aromatic N) is 4. The first kappa shape index (κ1) is 14.9. The third kappa shape index (κ3) is 2.56. The fraction of sp³-hybridized carbons (Fsp3) is 0.0909. The van der Waals surface area contributed by atoms with E-state index in [9.17, 15) is 0 Å². The van der Waals surface area contributed by atoms with Crippen LogP contribution >= 0.6 is 0 Å². The molecular formula is C22H18N4. The minimum atomic E-state index is 0.711. The van der Waals surface area contributed by atoms with Gasteiger partial charge in [-0.2, -0.15) is 0 Å². The molecule has 26 heavy (non-hydrogen) atoms. The predicted molar refractivity (Wildman–Crippen MR) is 104 cm³/mol. The number of rotatable bonds is 4. The van der Waals surface area contributed by atoms with E-state index < -0.39 is 0 Å². The van der Waals surface area contributed by atoms with Crippen LogP contribution in [0.25, 0.3) is 21.8 Å². The number of fused-ring (bicyclic) bond motifs is 3. The van der Waals surface area contributed by atoms with Gasteiger partial charge < -0.3 is 4.57 Å². The van der Waals surface area contributed by atoms with Gasteiger partial charge in [0.15, 0.2) is 0 Å². The van der Waals surface area contributed by atoms with Crippen molar-refractivity contribution >= 4 is 21.8 Å². The molecule has 2 heterocycles. The molecule has 4 heteroatoms. The molecule has 0 saturated carbocycles. The first-order chi connectivity index (χ1) is 12.9. The summed E-state index contributed by atoms with van der Waals surface area (Å²) in [6.07, 6.45) is 2.04. The van der Waals surface area contributed by atoms with E-state index in [4.69, 9.17) is 0 Å². The molecule has 2 aromatic heterocycles. The Hall–Kier alpha value is -3.40. The van der Waals surface area contributed by atoms with E-state index >= 15 is 0 Å². The SMILES string of the molecule is c1ccc(Cn2cc(Cn3c4ccccc4c4ccccc43)nn2)cc1. The van der Waals surface area contributed by atoms with Crippen LogP contribution in [0, 0.1) is 0 Å². The molecule has 4 nitrogen and oxygen atoms in total. The largest absolute Gasteiger partial charge is 0.334 e. The molecule has 0 fully saturated rings. The predicted octanol–water partition coefficient (Wildman–Crippen LogP) is 4.48. The van der Waals surface area contributed by atoms with Gasteiger partial charge in [-0.3, -0.25) is 0 Å². The van der Waals surface area contributed by atoms with Crippen molar-refractivity contribution in [3.05, 3.63) is 96.3 Å². The van der Waals surface area contributed by atoms with Gasteiger partial charge in [0.25, 0.3) is 0 Å².